The number of hydrogen-bond acceptors (Lipinski definition) is 5. The molecule has 1 aliphatic heterocycles. The van der Waals surface area contributed by atoms with Gasteiger partial charge in [0.1, 0.15) is 0 Å². The van der Waals surface area contributed by atoms with Gasteiger partial charge < -0.3 is 10.2 Å². The Balaban J connectivity index is 1.95. The van der Waals surface area contributed by atoms with Crippen molar-refractivity contribution in [2.45, 2.75) is 0 Å². The lowest BCUT2D eigenvalue weighted by atomic mass is 10.2. The standard InChI is InChI=1S/C14H19N3O3S2/c1-16(20-2)13(18)11-3-5-12(6-4-11)15-14(19)17-7-9-21-22-10-8-17/h3-6H,7-10H2,1-2H3,(H,15,19). The lowest BCUT2D eigenvalue weighted by Crippen LogP contribution is -2.37. The molecule has 0 aliphatic carbocycles. The summed E-state index contributed by atoms with van der Waals surface area (Å²) < 4.78 is 0. The van der Waals surface area contributed by atoms with Crippen molar-refractivity contribution in [3.05, 3.63) is 29.8 Å². The van der Waals surface area contributed by atoms with Crippen molar-refractivity contribution in [3.8, 4) is 0 Å². The topological polar surface area (TPSA) is 61.9 Å². The number of carbonyl (C=O) groups excluding carboxylic acids is 2. The van der Waals surface area contributed by atoms with E-state index in [9.17, 15) is 9.59 Å². The van der Waals surface area contributed by atoms with Gasteiger partial charge in [-0.15, -0.1) is 0 Å². The molecule has 0 aromatic heterocycles. The number of benzene rings is 1. The Hall–Kier alpha value is -1.38. The highest BCUT2D eigenvalue weighted by Crippen LogP contribution is 2.24. The average molecular weight is 341 g/mol. The maximum atomic E-state index is 12.2. The molecule has 1 N–H and O–H groups in total. The van der Waals surface area contributed by atoms with Crippen LogP contribution in [0.25, 0.3) is 0 Å². The van der Waals surface area contributed by atoms with E-state index in [2.05, 4.69) is 5.32 Å². The SMILES string of the molecule is CON(C)C(=O)c1ccc(NC(=O)N2CCSSCC2)cc1. The van der Waals surface area contributed by atoms with Gasteiger partial charge in [-0.05, 0) is 24.3 Å². The first-order valence-electron chi connectivity index (χ1n) is 6.84. The van der Waals surface area contributed by atoms with Crippen molar-refractivity contribution in [1.82, 2.24) is 9.96 Å². The van der Waals surface area contributed by atoms with Crippen LogP contribution in [0.4, 0.5) is 10.5 Å². The molecule has 1 aromatic rings. The lowest BCUT2D eigenvalue weighted by molar-refractivity contribution is -0.0756. The maximum Gasteiger partial charge on any atom is 0.321 e. The molecule has 22 heavy (non-hydrogen) atoms. The molecule has 1 saturated heterocycles. The van der Waals surface area contributed by atoms with E-state index in [1.807, 2.05) is 4.90 Å². The summed E-state index contributed by atoms with van der Waals surface area (Å²) in [4.78, 5) is 30.8. The minimum Gasteiger partial charge on any atom is -0.323 e. The quantitative estimate of drug-likeness (QED) is 0.676. The molecule has 0 bridgehead atoms. The molecule has 0 saturated carbocycles. The summed E-state index contributed by atoms with van der Waals surface area (Å²) in [6, 6.07) is 6.67. The third kappa shape index (κ3) is 4.56. The lowest BCUT2D eigenvalue weighted by Gasteiger charge is -2.20. The van der Waals surface area contributed by atoms with E-state index in [0.717, 1.165) is 29.7 Å². The van der Waals surface area contributed by atoms with Gasteiger partial charge in [0.05, 0.1) is 7.11 Å². The molecule has 0 unspecified atom stereocenters. The fourth-order valence-corrected chi connectivity index (χ4v) is 3.87. The highest BCUT2D eigenvalue weighted by atomic mass is 33.1. The number of hydroxylamine groups is 2. The van der Waals surface area contributed by atoms with Gasteiger partial charge in [0.25, 0.3) is 5.91 Å². The molecule has 1 fully saturated rings. The Bertz CT molecular complexity index is 517. The zero-order chi connectivity index (χ0) is 15.9. The molecule has 6 nitrogen and oxygen atoms in total. The van der Waals surface area contributed by atoms with E-state index >= 15 is 0 Å². The molecule has 2 rings (SSSR count). The molecule has 1 heterocycles. The zero-order valence-corrected chi connectivity index (χ0v) is 14.2. The van der Waals surface area contributed by atoms with Crippen LogP contribution >= 0.6 is 21.6 Å². The number of carbonyl (C=O) groups is 2. The molecular formula is C14H19N3O3S2. The van der Waals surface area contributed by atoms with Gasteiger partial charge in [-0.1, -0.05) is 21.6 Å². The Morgan fingerprint density at radius 1 is 1.18 bits per heavy atom. The number of rotatable bonds is 3. The zero-order valence-electron chi connectivity index (χ0n) is 12.6. The first-order valence-corrected chi connectivity index (χ1v) is 9.33. The fourth-order valence-electron chi connectivity index (χ4n) is 1.89. The minimum atomic E-state index is -0.234. The molecule has 1 aromatic carbocycles. The Labute approximate surface area is 137 Å². The fraction of sp³-hybridized carbons (Fsp3) is 0.429. The van der Waals surface area contributed by atoms with Crippen molar-refractivity contribution in [2.24, 2.45) is 0 Å². The normalized spacial score (nSPS) is 15.1. The predicted molar refractivity (Wildman–Crippen MR) is 91.1 cm³/mol. The van der Waals surface area contributed by atoms with E-state index in [1.165, 1.54) is 7.11 Å². The first kappa shape index (κ1) is 17.0. The molecular weight excluding hydrogens is 322 g/mol. The van der Waals surface area contributed by atoms with Crippen LogP contribution in [0.3, 0.4) is 0 Å². The Kier molecular flexibility index (Phi) is 6.41. The minimum absolute atomic E-state index is 0.101. The van der Waals surface area contributed by atoms with E-state index in [1.54, 1.807) is 52.9 Å². The number of nitrogens with one attached hydrogen (secondary N) is 1. The molecule has 3 amide bonds. The van der Waals surface area contributed by atoms with Crippen LogP contribution in [0.15, 0.2) is 24.3 Å². The summed E-state index contributed by atoms with van der Waals surface area (Å²) in [7, 11) is 6.57. The summed E-state index contributed by atoms with van der Waals surface area (Å²) in [5.41, 5.74) is 1.18. The molecule has 1 aliphatic rings. The van der Waals surface area contributed by atoms with E-state index < -0.39 is 0 Å². The summed E-state index contributed by atoms with van der Waals surface area (Å²) in [6.07, 6.45) is 0. The highest BCUT2D eigenvalue weighted by molar-refractivity contribution is 8.76. The summed E-state index contributed by atoms with van der Waals surface area (Å²) in [5, 5.41) is 4.01. The molecule has 120 valence electrons. The average Bonchev–Trinajstić information content (AvgIpc) is 2.83. The van der Waals surface area contributed by atoms with Crippen molar-refractivity contribution in [2.75, 3.05) is 44.1 Å². The highest BCUT2D eigenvalue weighted by Gasteiger charge is 2.16. The van der Waals surface area contributed by atoms with Gasteiger partial charge in [-0.25, -0.2) is 9.86 Å². The van der Waals surface area contributed by atoms with Gasteiger partial charge in [0.2, 0.25) is 0 Å². The second-order valence-corrected chi connectivity index (χ2v) is 7.33. The van der Waals surface area contributed by atoms with Crippen LogP contribution in [0.1, 0.15) is 10.4 Å². The second-order valence-electron chi connectivity index (χ2n) is 4.62. The monoisotopic (exact) mass is 341 g/mol. The second kappa shape index (κ2) is 8.30. The van der Waals surface area contributed by atoms with Gasteiger partial charge in [-0.2, -0.15) is 0 Å². The van der Waals surface area contributed by atoms with Gasteiger partial charge in [0.15, 0.2) is 0 Å². The van der Waals surface area contributed by atoms with Crippen LogP contribution in [0.2, 0.25) is 0 Å². The molecule has 0 radical (unpaired) electrons. The number of nitrogens with zero attached hydrogens (tertiary/aromatic N) is 2. The van der Waals surface area contributed by atoms with Crippen LogP contribution in [-0.2, 0) is 4.84 Å². The van der Waals surface area contributed by atoms with Crippen molar-refractivity contribution < 1.29 is 14.4 Å². The molecule has 8 heteroatoms. The van der Waals surface area contributed by atoms with Crippen LogP contribution in [-0.4, -0.2) is 60.7 Å². The van der Waals surface area contributed by atoms with Gasteiger partial charge in [-0.3, -0.25) is 9.63 Å². The third-order valence-corrected chi connectivity index (χ3v) is 5.57. The molecule has 0 spiro atoms. The summed E-state index contributed by atoms with van der Waals surface area (Å²) in [5.74, 6) is 1.64. The first-order chi connectivity index (χ1) is 10.6. The van der Waals surface area contributed by atoms with Crippen LogP contribution < -0.4 is 5.32 Å². The van der Waals surface area contributed by atoms with Crippen LogP contribution in [0, 0.1) is 0 Å². The predicted octanol–water partition coefficient (Wildman–Crippen LogP) is 2.55. The van der Waals surface area contributed by atoms with E-state index in [-0.39, 0.29) is 11.9 Å². The summed E-state index contributed by atoms with van der Waals surface area (Å²) in [6.45, 7) is 1.50. The van der Waals surface area contributed by atoms with Gasteiger partial charge in [0, 0.05) is 42.9 Å². The smallest absolute Gasteiger partial charge is 0.321 e. The Morgan fingerprint density at radius 3 is 2.32 bits per heavy atom. The summed E-state index contributed by atoms with van der Waals surface area (Å²) >= 11 is 0. The van der Waals surface area contributed by atoms with Crippen molar-refractivity contribution in [1.29, 1.82) is 0 Å². The van der Waals surface area contributed by atoms with E-state index in [0.29, 0.717) is 11.3 Å². The van der Waals surface area contributed by atoms with Crippen molar-refractivity contribution >= 4 is 39.2 Å². The van der Waals surface area contributed by atoms with E-state index in [4.69, 9.17) is 4.84 Å². The number of hydrogen-bond donors (Lipinski definition) is 1. The number of amides is 3. The molecule has 0 atom stereocenters. The number of anilines is 1. The van der Waals surface area contributed by atoms with Crippen molar-refractivity contribution in [3.63, 3.8) is 0 Å². The Morgan fingerprint density at radius 2 is 1.77 bits per heavy atom. The third-order valence-electron chi connectivity index (χ3n) is 3.20. The van der Waals surface area contributed by atoms with Crippen LogP contribution in [0.5, 0.6) is 0 Å². The van der Waals surface area contributed by atoms with Gasteiger partial charge >= 0.3 is 6.03 Å². The number of urea groups is 1. The largest absolute Gasteiger partial charge is 0.323 e. The maximum absolute atomic E-state index is 12.2.